The SMILES string of the molecule is CCCNCCNC(=O)CCN1c2ccccc2CCC1C. The topological polar surface area (TPSA) is 44.4 Å². The van der Waals surface area contributed by atoms with Crippen LogP contribution in [0.25, 0.3) is 0 Å². The molecule has 0 radical (unpaired) electrons. The number of hydrogen-bond donors (Lipinski definition) is 2. The number of hydrogen-bond acceptors (Lipinski definition) is 3. The van der Waals surface area contributed by atoms with E-state index in [1.807, 2.05) is 0 Å². The normalized spacial score (nSPS) is 17.2. The lowest BCUT2D eigenvalue weighted by Gasteiger charge is -2.37. The van der Waals surface area contributed by atoms with Crippen LogP contribution in [0.1, 0.15) is 38.7 Å². The second kappa shape index (κ2) is 8.79. The predicted molar refractivity (Wildman–Crippen MR) is 92.4 cm³/mol. The first-order valence-electron chi connectivity index (χ1n) is 8.54. The first-order valence-corrected chi connectivity index (χ1v) is 8.54. The second-order valence-electron chi connectivity index (χ2n) is 6.06. The number of aryl methyl sites for hydroxylation is 1. The van der Waals surface area contributed by atoms with Crippen molar-refractivity contribution in [1.82, 2.24) is 10.6 Å². The van der Waals surface area contributed by atoms with Gasteiger partial charge in [0.25, 0.3) is 0 Å². The molecule has 1 unspecified atom stereocenters. The van der Waals surface area contributed by atoms with Crippen LogP contribution in [0.4, 0.5) is 5.69 Å². The van der Waals surface area contributed by atoms with Crippen LogP contribution in [-0.2, 0) is 11.2 Å². The van der Waals surface area contributed by atoms with Gasteiger partial charge >= 0.3 is 0 Å². The molecule has 1 aromatic rings. The minimum atomic E-state index is 0.147. The Bertz CT molecular complexity index is 475. The van der Waals surface area contributed by atoms with Gasteiger partial charge in [-0.3, -0.25) is 4.79 Å². The maximum atomic E-state index is 12.0. The minimum absolute atomic E-state index is 0.147. The summed E-state index contributed by atoms with van der Waals surface area (Å²) in [5, 5.41) is 6.28. The van der Waals surface area contributed by atoms with E-state index in [2.05, 4.69) is 53.6 Å². The first kappa shape index (κ1) is 16.8. The van der Waals surface area contributed by atoms with E-state index >= 15 is 0 Å². The van der Waals surface area contributed by atoms with Gasteiger partial charge in [-0.15, -0.1) is 0 Å². The van der Waals surface area contributed by atoms with Crippen LogP contribution in [0.15, 0.2) is 24.3 Å². The molecule has 4 heteroatoms. The number of carbonyl (C=O) groups excluding carboxylic acids is 1. The Labute approximate surface area is 134 Å². The van der Waals surface area contributed by atoms with Crippen LogP contribution >= 0.6 is 0 Å². The summed E-state index contributed by atoms with van der Waals surface area (Å²) in [6.07, 6.45) is 4.00. The molecule has 2 rings (SSSR count). The Morgan fingerprint density at radius 1 is 1.27 bits per heavy atom. The van der Waals surface area contributed by atoms with E-state index in [9.17, 15) is 4.79 Å². The van der Waals surface area contributed by atoms with Gasteiger partial charge in [-0.1, -0.05) is 25.1 Å². The molecule has 0 spiro atoms. The molecule has 0 bridgehead atoms. The number of rotatable bonds is 8. The highest BCUT2D eigenvalue weighted by Crippen LogP contribution is 2.30. The molecule has 1 heterocycles. The number of benzene rings is 1. The zero-order valence-electron chi connectivity index (χ0n) is 13.9. The zero-order chi connectivity index (χ0) is 15.8. The number of para-hydroxylation sites is 1. The largest absolute Gasteiger partial charge is 0.368 e. The molecule has 0 saturated carbocycles. The van der Waals surface area contributed by atoms with Crippen LogP contribution in [-0.4, -0.2) is 38.1 Å². The van der Waals surface area contributed by atoms with Crippen LogP contribution in [0, 0.1) is 0 Å². The maximum Gasteiger partial charge on any atom is 0.221 e. The number of amides is 1. The van der Waals surface area contributed by atoms with Crippen molar-refractivity contribution >= 4 is 11.6 Å². The van der Waals surface area contributed by atoms with Gasteiger partial charge in [0.1, 0.15) is 0 Å². The van der Waals surface area contributed by atoms with E-state index < -0.39 is 0 Å². The van der Waals surface area contributed by atoms with Gasteiger partial charge in [-0.25, -0.2) is 0 Å². The Hall–Kier alpha value is -1.55. The first-order chi connectivity index (χ1) is 10.7. The summed E-state index contributed by atoms with van der Waals surface area (Å²) in [4.78, 5) is 14.4. The van der Waals surface area contributed by atoms with Crippen molar-refractivity contribution in [2.24, 2.45) is 0 Å². The molecule has 122 valence electrons. The number of nitrogens with zero attached hydrogens (tertiary/aromatic N) is 1. The quantitative estimate of drug-likeness (QED) is 0.725. The average molecular weight is 303 g/mol. The Morgan fingerprint density at radius 2 is 2.09 bits per heavy atom. The van der Waals surface area contributed by atoms with E-state index in [1.165, 1.54) is 17.7 Å². The highest BCUT2D eigenvalue weighted by molar-refractivity contribution is 5.76. The molecule has 0 aromatic heterocycles. The van der Waals surface area contributed by atoms with Crippen LogP contribution < -0.4 is 15.5 Å². The van der Waals surface area contributed by atoms with Gasteiger partial charge in [0, 0.05) is 37.8 Å². The predicted octanol–water partition coefficient (Wildman–Crippen LogP) is 2.33. The monoisotopic (exact) mass is 303 g/mol. The summed E-state index contributed by atoms with van der Waals surface area (Å²) in [5.74, 6) is 0.147. The van der Waals surface area contributed by atoms with Crippen molar-refractivity contribution in [1.29, 1.82) is 0 Å². The van der Waals surface area contributed by atoms with Crippen molar-refractivity contribution in [3.8, 4) is 0 Å². The van der Waals surface area contributed by atoms with Gasteiger partial charge in [0.15, 0.2) is 0 Å². The third kappa shape index (κ3) is 4.73. The molecule has 2 N–H and O–H groups in total. The smallest absolute Gasteiger partial charge is 0.221 e. The average Bonchev–Trinajstić information content (AvgIpc) is 2.53. The Kier molecular flexibility index (Phi) is 6.72. The van der Waals surface area contributed by atoms with Gasteiger partial charge in [0.05, 0.1) is 0 Å². The third-order valence-corrected chi connectivity index (χ3v) is 4.30. The molecule has 1 atom stereocenters. The summed E-state index contributed by atoms with van der Waals surface area (Å²) < 4.78 is 0. The van der Waals surface area contributed by atoms with Crippen molar-refractivity contribution in [3.05, 3.63) is 29.8 Å². The maximum absolute atomic E-state index is 12.0. The number of carbonyl (C=O) groups is 1. The van der Waals surface area contributed by atoms with Gasteiger partial charge < -0.3 is 15.5 Å². The molecule has 0 fully saturated rings. The summed E-state index contributed by atoms with van der Waals surface area (Å²) >= 11 is 0. The van der Waals surface area contributed by atoms with E-state index in [1.54, 1.807) is 0 Å². The second-order valence-corrected chi connectivity index (χ2v) is 6.06. The fraction of sp³-hybridized carbons (Fsp3) is 0.611. The van der Waals surface area contributed by atoms with E-state index in [0.717, 1.165) is 32.5 Å². The molecule has 22 heavy (non-hydrogen) atoms. The number of nitrogens with one attached hydrogen (secondary N) is 2. The number of fused-ring (bicyclic) bond motifs is 1. The van der Waals surface area contributed by atoms with Crippen molar-refractivity contribution < 1.29 is 4.79 Å². The summed E-state index contributed by atoms with van der Waals surface area (Å²) in [6.45, 7) is 7.77. The third-order valence-electron chi connectivity index (χ3n) is 4.30. The summed E-state index contributed by atoms with van der Waals surface area (Å²) in [5.41, 5.74) is 2.71. The fourth-order valence-electron chi connectivity index (χ4n) is 3.00. The van der Waals surface area contributed by atoms with Crippen molar-refractivity contribution in [2.45, 2.75) is 45.6 Å². The lowest BCUT2D eigenvalue weighted by atomic mass is 9.96. The molecule has 4 nitrogen and oxygen atoms in total. The molecular formula is C18H29N3O. The molecule has 1 aromatic carbocycles. The van der Waals surface area contributed by atoms with Crippen LogP contribution in [0.5, 0.6) is 0 Å². The zero-order valence-corrected chi connectivity index (χ0v) is 13.9. The summed E-state index contributed by atoms with van der Waals surface area (Å²) in [6, 6.07) is 9.08. The highest BCUT2D eigenvalue weighted by atomic mass is 16.1. The van der Waals surface area contributed by atoms with Crippen molar-refractivity contribution in [3.63, 3.8) is 0 Å². The number of anilines is 1. The van der Waals surface area contributed by atoms with E-state index in [-0.39, 0.29) is 5.91 Å². The van der Waals surface area contributed by atoms with Crippen LogP contribution in [0.2, 0.25) is 0 Å². The van der Waals surface area contributed by atoms with E-state index in [0.29, 0.717) is 19.0 Å². The van der Waals surface area contributed by atoms with Gasteiger partial charge in [-0.2, -0.15) is 0 Å². The lowest BCUT2D eigenvalue weighted by Crippen LogP contribution is -2.40. The molecule has 0 aliphatic carbocycles. The Morgan fingerprint density at radius 3 is 2.91 bits per heavy atom. The molecule has 1 aliphatic heterocycles. The highest BCUT2D eigenvalue weighted by Gasteiger charge is 2.22. The fourth-order valence-corrected chi connectivity index (χ4v) is 3.00. The molecule has 1 aliphatic rings. The van der Waals surface area contributed by atoms with E-state index in [4.69, 9.17) is 0 Å². The van der Waals surface area contributed by atoms with Gasteiger partial charge in [-0.05, 0) is 44.4 Å². The molecule has 0 saturated heterocycles. The van der Waals surface area contributed by atoms with Crippen molar-refractivity contribution in [2.75, 3.05) is 31.1 Å². The standard InChI is InChI=1S/C18H29N3O/c1-3-11-19-12-13-20-18(22)10-14-21-15(2)8-9-16-6-4-5-7-17(16)21/h4-7,15,19H,3,8-14H2,1-2H3,(H,20,22). The summed E-state index contributed by atoms with van der Waals surface area (Å²) in [7, 11) is 0. The van der Waals surface area contributed by atoms with Crippen LogP contribution in [0.3, 0.4) is 0 Å². The Balaban J connectivity index is 1.77. The lowest BCUT2D eigenvalue weighted by molar-refractivity contribution is -0.120. The van der Waals surface area contributed by atoms with Gasteiger partial charge in [0.2, 0.25) is 5.91 Å². The molecular weight excluding hydrogens is 274 g/mol. The minimum Gasteiger partial charge on any atom is -0.368 e. The molecule has 1 amide bonds.